The van der Waals surface area contributed by atoms with E-state index in [0.29, 0.717) is 10.8 Å². The lowest BCUT2D eigenvalue weighted by Crippen LogP contribution is -2.32. The van der Waals surface area contributed by atoms with Gasteiger partial charge in [-0.2, -0.15) is 0 Å². The number of carbonyl (C=O) groups excluding carboxylic acids is 1. The molecule has 6 nitrogen and oxygen atoms in total. The van der Waals surface area contributed by atoms with Gasteiger partial charge in [-0.15, -0.1) is 0 Å². The number of benzene rings is 2. The maximum atomic E-state index is 12.1. The second kappa shape index (κ2) is 9.02. The van der Waals surface area contributed by atoms with Crippen LogP contribution in [0.15, 0.2) is 53.4 Å². The van der Waals surface area contributed by atoms with Gasteiger partial charge >= 0.3 is 0 Å². The fourth-order valence-electron chi connectivity index (χ4n) is 2.41. The van der Waals surface area contributed by atoms with Gasteiger partial charge < -0.3 is 10.1 Å². The number of sulfonamides is 1. The lowest BCUT2D eigenvalue weighted by molar-refractivity contribution is -0.121. The highest BCUT2D eigenvalue weighted by molar-refractivity contribution is 7.89. The first-order valence-corrected chi connectivity index (χ1v) is 9.87. The Bertz CT molecular complexity index is 854. The lowest BCUT2D eigenvalue weighted by Gasteiger charge is -2.17. The average Bonchev–Trinajstić information content (AvgIpc) is 2.61. The van der Waals surface area contributed by atoms with Crippen LogP contribution in [0, 0.1) is 0 Å². The highest BCUT2D eigenvalue weighted by atomic mass is 35.5. The van der Waals surface area contributed by atoms with Gasteiger partial charge in [-0.3, -0.25) is 4.79 Å². The highest BCUT2D eigenvalue weighted by Crippen LogP contribution is 2.24. The second-order valence-corrected chi connectivity index (χ2v) is 7.84. The number of hydrogen-bond donors (Lipinski definition) is 2. The molecule has 0 unspecified atom stereocenters. The summed E-state index contributed by atoms with van der Waals surface area (Å²) >= 11 is 5.75. The molecule has 26 heavy (non-hydrogen) atoms. The molecule has 0 aliphatic carbocycles. The molecule has 8 heteroatoms. The van der Waals surface area contributed by atoms with Crippen LogP contribution in [0.1, 0.15) is 24.9 Å². The minimum absolute atomic E-state index is 0.00453. The van der Waals surface area contributed by atoms with Gasteiger partial charge in [0.25, 0.3) is 0 Å². The summed E-state index contributed by atoms with van der Waals surface area (Å²) in [4.78, 5) is 12.2. The van der Waals surface area contributed by atoms with Crippen molar-refractivity contribution in [3.8, 4) is 5.75 Å². The van der Waals surface area contributed by atoms with Crippen LogP contribution in [0.5, 0.6) is 5.75 Å². The zero-order valence-electron chi connectivity index (χ0n) is 14.5. The maximum absolute atomic E-state index is 12.1. The SMILES string of the molecule is COc1ccccc1[C@@H](C)NC(=O)CCNS(=O)(=O)c1ccc(Cl)cc1. The van der Waals surface area contributed by atoms with Crippen molar-refractivity contribution < 1.29 is 17.9 Å². The van der Waals surface area contributed by atoms with Crippen molar-refractivity contribution in [3.63, 3.8) is 0 Å². The molecule has 0 bridgehead atoms. The molecular formula is C18H21ClN2O4S. The molecule has 1 atom stereocenters. The highest BCUT2D eigenvalue weighted by Gasteiger charge is 2.16. The van der Waals surface area contributed by atoms with Crippen LogP contribution >= 0.6 is 11.6 Å². The van der Waals surface area contributed by atoms with Crippen LogP contribution in [0.3, 0.4) is 0 Å². The van der Waals surface area contributed by atoms with Crippen molar-refractivity contribution in [2.24, 2.45) is 0 Å². The molecule has 2 rings (SSSR count). The third-order valence-corrected chi connectivity index (χ3v) is 5.48. The second-order valence-electron chi connectivity index (χ2n) is 5.63. The van der Waals surface area contributed by atoms with Crippen LogP contribution in [0.4, 0.5) is 0 Å². The number of carbonyl (C=O) groups is 1. The van der Waals surface area contributed by atoms with Crippen molar-refractivity contribution in [2.45, 2.75) is 24.3 Å². The molecular weight excluding hydrogens is 376 g/mol. The van der Waals surface area contributed by atoms with E-state index in [0.717, 1.165) is 5.56 Å². The van der Waals surface area contributed by atoms with Crippen LogP contribution < -0.4 is 14.8 Å². The molecule has 140 valence electrons. The van der Waals surface area contributed by atoms with Gasteiger partial charge in [-0.1, -0.05) is 29.8 Å². The van der Waals surface area contributed by atoms with Crippen LogP contribution in [-0.2, 0) is 14.8 Å². The van der Waals surface area contributed by atoms with Crippen molar-refractivity contribution in [1.29, 1.82) is 0 Å². The van der Waals surface area contributed by atoms with Gasteiger partial charge in [0.15, 0.2) is 0 Å². The first-order valence-electron chi connectivity index (χ1n) is 8.01. The first-order chi connectivity index (χ1) is 12.3. The third kappa shape index (κ3) is 5.45. The van der Waals surface area contributed by atoms with Crippen molar-refractivity contribution in [3.05, 3.63) is 59.1 Å². The van der Waals surface area contributed by atoms with Gasteiger partial charge in [0, 0.05) is 23.6 Å². The molecule has 0 saturated carbocycles. The molecule has 0 fully saturated rings. The summed E-state index contributed by atoms with van der Waals surface area (Å²) in [5, 5.41) is 3.29. The topological polar surface area (TPSA) is 84.5 Å². The standard InChI is InChI=1S/C18H21ClN2O4S/c1-13(16-5-3-4-6-17(16)25-2)21-18(22)11-12-20-26(23,24)15-9-7-14(19)8-10-15/h3-10,13,20H,11-12H2,1-2H3,(H,21,22)/t13-/m1/s1. The maximum Gasteiger partial charge on any atom is 0.240 e. The predicted molar refractivity (Wildman–Crippen MR) is 101 cm³/mol. The molecule has 2 aromatic carbocycles. The molecule has 2 aromatic rings. The molecule has 0 aliphatic heterocycles. The van der Waals surface area contributed by atoms with E-state index in [1.54, 1.807) is 7.11 Å². The number of para-hydroxylation sites is 1. The summed E-state index contributed by atoms with van der Waals surface area (Å²) < 4.78 is 32.0. The molecule has 0 radical (unpaired) electrons. The minimum Gasteiger partial charge on any atom is -0.496 e. The number of hydrogen-bond acceptors (Lipinski definition) is 4. The van der Waals surface area contributed by atoms with Gasteiger partial charge in [-0.25, -0.2) is 13.1 Å². The Balaban J connectivity index is 1.87. The van der Waals surface area contributed by atoms with Crippen LogP contribution in [0.25, 0.3) is 0 Å². The Hall–Kier alpha value is -2.09. The number of nitrogens with one attached hydrogen (secondary N) is 2. The lowest BCUT2D eigenvalue weighted by atomic mass is 10.1. The quantitative estimate of drug-likeness (QED) is 0.718. The zero-order chi connectivity index (χ0) is 19.2. The minimum atomic E-state index is -3.67. The van der Waals surface area contributed by atoms with Gasteiger partial charge in [0.05, 0.1) is 18.0 Å². The smallest absolute Gasteiger partial charge is 0.240 e. The molecule has 2 N–H and O–H groups in total. The largest absolute Gasteiger partial charge is 0.496 e. The summed E-state index contributed by atoms with van der Waals surface area (Å²) in [6.45, 7) is 1.84. The number of methoxy groups -OCH3 is 1. The molecule has 0 heterocycles. The zero-order valence-corrected chi connectivity index (χ0v) is 16.1. The Kier molecular flexibility index (Phi) is 7.02. The molecule has 0 saturated heterocycles. The number of amides is 1. The summed E-state index contributed by atoms with van der Waals surface area (Å²) in [6, 6.07) is 13.0. The van der Waals surface area contributed by atoms with Crippen LogP contribution in [0.2, 0.25) is 5.02 Å². The Morgan fingerprint density at radius 1 is 1.15 bits per heavy atom. The number of halogens is 1. The Labute approximate surface area is 158 Å². The molecule has 1 amide bonds. The van der Waals surface area contributed by atoms with Crippen molar-refractivity contribution >= 4 is 27.5 Å². The van der Waals surface area contributed by atoms with E-state index in [-0.39, 0.29) is 29.8 Å². The van der Waals surface area contributed by atoms with E-state index in [4.69, 9.17) is 16.3 Å². The number of rotatable bonds is 8. The summed E-state index contributed by atoms with van der Waals surface area (Å²) in [5.74, 6) is 0.422. The number of ether oxygens (including phenoxy) is 1. The van der Waals surface area contributed by atoms with Crippen molar-refractivity contribution in [1.82, 2.24) is 10.0 Å². The fraction of sp³-hybridized carbons (Fsp3) is 0.278. The predicted octanol–water partition coefficient (Wildman–Crippen LogP) is 2.89. The van der Waals surface area contributed by atoms with Crippen molar-refractivity contribution in [2.75, 3.05) is 13.7 Å². The van der Waals surface area contributed by atoms with E-state index in [1.807, 2.05) is 31.2 Å². The monoisotopic (exact) mass is 396 g/mol. The van der Waals surface area contributed by atoms with E-state index < -0.39 is 10.0 Å². The first kappa shape index (κ1) is 20.2. The van der Waals surface area contributed by atoms with E-state index >= 15 is 0 Å². The average molecular weight is 397 g/mol. The van der Waals surface area contributed by atoms with E-state index in [2.05, 4.69) is 10.0 Å². The Morgan fingerprint density at radius 2 is 1.81 bits per heavy atom. The summed E-state index contributed by atoms with van der Waals surface area (Å²) in [5.41, 5.74) is 0.852. The van der Waals surface area contributed by atoms with Crippen LogP contribution in [-0.4, -0.2) is 28.0 Å². The molecule has 0 aliphatic rings. The summed E-state index contributed by atoms with van der Waals surface area (Å²) in [7, 11) is -2.10. The van der Waals surface area contributed by atoms with Gasteiger partial charge in [0.2, 0.25) is 15.9 Å². The fourth-order valence-corrected chi connectivity index (χ4v) is 3.57. The van der Waals surface area contributed by atoms with E-state index in [9.17, 15) is 13.2 Å². The Morgan fingerprint density at radius 3 is 2.46 bits per heavy atom. The summed E-state index contributed by atoms with van der Waals surface area (Å²) in [6.07, 6.45) is 0.0201. The molecule has 0 spiro atoms. The van der Waals surface area contributed by atoms with Gasteiger partial charge in [0.1, 0.15) is 5.75 Å². The van der Waals surface area contributed by atoms with E-state index in [1.165, 1.54) is 24.3 Å². The third-order valence-electron chi connectivity index (χ3n) is 3.75. The normalized spacial score (nSPS) is 12.4. The molecule has 0 aromatic heterocycles. The van der Waals surface area contributed by atoms with Gasteiger partial charge in [-0.05, 0) is 37.3 Å².